The van der Waals surface area contributed by atoms with Gasteiger partial charge >= 0.3 is 0 Å². The minimum absolute atomic E-state index is 0.0593. The van der Waals surface area contributed by atoms with Crippen LogP contribution in [-0.4, -0.2) is 25.4 Å². The van der Waals surface area contributed by atoms with Crippen LogP contribution in [0.1, 0.15) is 29.0 Å². The van der Waals surface area contributed by atoms with Crippen LogP contribution in [0, 0.1) is 0 Å². The molecule has 5 rings (SSSR count). The van der Waals surface area contributed by atoms with Gasteiger partial charge in [-0.25, -0.2) is 0 Å². The number of hydrogen-bond acceptors (Lipinski definition) is 3. The second-order valence-electron chi connectivity index (χ2n) is 7.11. The Kier molecular flexibility index (Phi) is 3.97. The molecule has 2 unspecified atom stereocenters. The van der Waals surface area contributed by atoms with Crippen molar-refractivity contribution in [2.75, 3.05) is 30.3 Å². The SMILES string of the molecule is Clc1ccc(C23CCNCC2c2cccc4c2N3CCSC4)c(Cl)c1. The zero-order valence-corrected chi connectivity index (χ0v) is 16.2. The molecule has 0 saturated carbocycles. The fourth-order valence-electron chi connectivity index (χ4n) is 5.05. The molecule has 2 atom stereocenters. The van der Waals surface area contributed by atoms with Crippen molar-refractivity contribution >= 4 is 40.7 Å². The number of nitrogens with one attached hydrogen (secondary N) is 1. The minimum Gasteiger partial charge on any atom is -0.360 e. The highest BCUT2D eigenvalue weighted by Gasteiger charge is 2.54. The standard InChI is InChI=1S/C20H20Cl2N2S/c21-14-4-5-16(18(22)10-14)20-6-7-23-11-17(20)15-3-1-2-13-12-25-9-8-24(20)19(13)15/h1-5,10,17,23H,6-9,11-12H2. The molecule has 0 aliphatic carbocycles. The molecule has 0 aromatic heterocycles. The second kappa shape index (κ2) is 6.09. The van der Waals surface area contributed by atoms with Crippen LogP contribution in [0.5, 0.6) is 0 Å². The molecule has 3 aliphatic rings. The number of hydrogen-bond donors (Lipinski definition) is 1. The summed E-state index contributed by atoms with van der Waals surface area (Å²) in [7, 11) is 0. The maximum Gasteiger partial charge on any atom is 0.0762 e. The lowest BCUT2D eigenvalue weighted by Crippen LogP contribution is -2.54. The first-order valence-corrected chi connectivity index (χ1v) is 10.8. The van der Waals surface area contributed by atoms with E-state index in [1.807, 2.05) is 23.9 Å². The zero-order valence-electron chi connectivity index (χ0n) is 13.9. The van der Waals surface area contributed by atoms with Gasteiger partial charge in [-0.2, -0.15) is 11.8 Å². The van der Waals surface area contributed by atoms with Gasteiger partial charge in [0.15, 0.2) is 0 Å². The number of benzene rings is 2. The molecule has 0 radical (unpaired) electrons. The van der Waals surface area contributed by atoms with Crippen molar-refractivity contribution in [3.05, 3.63) is 63.1 Å². The van der Waals surface area contributed by atoms with Crippen LogP contribution in [0.3, 0.4) is 0 Å². The minimum atomic E-state index is -0.0593. The van der Waals surface area contributed by atoms with Crippen LogP contribution in [0.2, 0.25) is 10.0 Å². The maximum atomic E-state index is 6.75. The van der Waals surface area contributed by atoms with E-state index in [-0.39, 0.29) is 5.54 Å². The summed E-state index contributed by atoms with van der Waals surface area (Å²) in [5.74, 6) is 2.68. The Hall–Kier alpha value is -0.870. The number of fused-ring (bicyclic) bond motifs is 3. The fourth-order valence-corrected chi connectivity index (χ4v) is 6.53. The molecular formula is C20H20Cl2N2S. The Bertz CT molecular complexity index is 840. The van der Waals surface area contributed by atoms with Crippen LogP contribution in [0.25, 0.3) is 0 Å². The average molecular weight is 391 g/mol. The summed E-state index contributed by atoms with van der Waals surface area (Å²) in [6, 6.07) is 12.9. The quantitative estimate of drug-likeness (QED) is 0.734. The number of rotatable bonds is 1. The topological polar surface area (TPSA) is 15.3 Å². The van der Waals surface area contributed by atoms with Gasteiger partial charge in [-0.1, -0.05) is 47.5 Å². The van der Waals surface area contributed by atoms with Gasteiger partial charge in [0.1, 0.15) is 0 Å². The van der Waals surface area contributed by atoms with Crippen molar-refractivity contribution in [2.24, 2.45) is 0 Å². The Morgan fingerprint density at radius 1 is 1.20 bits per heavy atom. The van der Waals surface area contributed by atoms with E-state index >= 15 is 0 Å². The number of para-hydroxylation sites is 1. The van der Waals surface area contributed by atoms with E-state index in [0.717, 1.165) is 42.6 Å². The normalized spacial score (nSPS) is 27.6. The number of piperidine rings is 1. The van der Waals surface area contributed by atoms with E-state index in [0.29, 0.717) is 10.9 Å². The summed E-state index contributed by atoms with van der Waals surface area (Å²) in [5.41, 5.74) is 5.60. The van der Waals surface area contributed by atoms with E-state index < -0.39 is 0 Å². The molecule has 5 heteroatoms. The number of thioether (sulfide) groups is 1. The summed E-state index contributed by atoms with van der Waals surface area (Å²) < 4.78 is 0. The first-order valence-electron chi connectivity index (χ1n) is 8.85. The van der Waals surface area contributed by atoms with Gasteiger partial charge in [0.05, 0.1) is 5.54 Å². The lowest BCUT2D eigenvalue weighted by atomic mass is 9.72. The third-order valence-corrected chi connectivity index (χ3v) is 7.53. The van der Waals surface area contributed by atoms with Crippen LogP contribution in [0.4, 0.5) is 5.69 Å². The van der Waals surface area contributed by atoms with Gasteiger partial charge in [0.25, 0.3) is 0 Å². The van der Waals surface area contributed by atoms with Gasteiger partial charge in [-0.15, -0.1) is 0 Å². The summed E-state index contributed by atoms with van der Waals surface area (Å²) in [5, 5.41) is 5.13. The van der Waals surface area contributed by atoms with E-state index in [1.54, 1.807) is 0 Å². The number of anilines is 1. The highest BCUT2D eigenvalue weighted by molar-refractivity contribution is 7.98. The molecular weight excluding hydrogens is 371 g/mol. The predicted molar refractivity (Wildman–Crippen MR) is 108 cm³/mol. The molecule has 25 heavy (non-hydrogen) atoms. The highest BCUT2D eigenvalue weighted by Crippen LogP contribution is 2.59. The summed E-state index contributed by atoms with van der Waals surface area (Å²) in [4.78, 5) is 2.68. The molecule has 0 amide bonds. The monoisotopic (exact) mass is 390 g/mol. The third-order valence-electron chi connectivity index (χ3n) is 6.00. The van der Waals surface area contributed by atoms with E-state index in [4.69, 9.17) is 23.2 Å². The average Bonchev–Trinajstić information content (AvgIpc) is 2.75. The highest BCUT2D eigenvalue weighted by atomic mass is 35.5. The Morgan fingerprint density at radius 3 is 3.00 bits per heavy atom. The number of halogens is 2. The Balaban J connectivity index is 1.78. The molecule has 1 fully saturated rings. The van der Waals surface area contributed by atoms with Gasteiger partial charge in [-0.05, 0) is 41.8 Å². The zero-order chi connectivity index (χ0) is 17.0. The van der Waals surface area contributed by atoms with E-state index in [9.17, 15) is 0 Å². The molecule has 1 N–H and O–H groups in total. The summed E-state index contributed by atoms with van der Waals surface area (Å²) >= 11 is 15.0. The largest absolute Gasteiger partial charge is 0.360 e. The van der Waals surface area contributed by atoms with Gasteiger partial charge in [-0.3, -0.25) is 0 Å². The molecule has 3 heterocycles. The van der Waals surface area contributed by atoms with Crippen LogP contribution in [0.15, 0.2) is 36.4 Å². The number of nitrogens with zero attached hydrogens (tertiary/aromatic N) is 1. The molecule has 2 aromatic rings. The van der Waals surface area contributed by atoms with Gasteiger partial charge in [0.2, 0.25) is 0 Å². The molecule has 2 nitrogen and oxygen atoms in total. The molecule has 130 valence electrons. The predicted octanol–water partition coefficient (Wildman–Crippen LogP) is 5.03. The first-order chi connectivity index (χ1) is 12.2. The molecule has 0 spiro atoms. The Labute approximate surface area is 162 Å². The lowest BCUT2D eigenvalue weighted by Gasteiger charge is -2.47. The van der Waals surface area contributed by atoms with Crippen LogP contribution in [-0.2, 0) is 11.3 Å². The molecule has 1 saturated heterocycles. The second-order valence-corrected chi connectivity index (χ2v) is 9.06. The Morgan fingerprint density at radius 2 is 2.12 bits per heavy atom. The van der Waals surface area contributed by atoms with Crippen molar-refractivity contribution < 1.29 is 0 Å². The van der Waals surface area contributed by atoms with Crippen molar-refractivity contribution in [3.8, 4) is 0 Å². The van der Waals surface area contributed by atoms with Crippen molar-refractivity contribution in [3.63, 3.8) is 0 Å². The van der Waals surface area contributed by atoms with E-state index in [1.165, 1.54) is 22.4 Å². The first kappa shape index (κ1) is 16.3. The fraction of sp³-hybridized carbons (Fsp3) is 0.400. The molecule has 3 aliphatic heterocycles. The summed E-state index contributed by atoms with van der Waals surface area (Å²) in [6.07, 6.45) is 1.07. The molecule has 2 aromatic carbocycles. The van der Waals surface area contributed by atoms with E-state index in [2.05, 4.69) is 34.5 Å². The van der Waals surface area contributed by atoms with Crippen LogP contribution >= 0.6 is 35.0 Å². The maximum absolute atomic E-state index is 6.75. The molecule has 0 bridgehead atoms. The lowest BCUT2D eigenvalue weighted by molar-refractivity contribution is 0.272. The summed E-state index contributed by atoms with van der Waals surface area (Å²) in [6.45, 7) is 3.09. The van der Waals surface area contributed by atoms with Crippen molar-refractivity contribution in [1.29, 1.82) is 0 Å². The smallest absolute Gasteiger partial charge is 0.0762 e. The van der Waals surface area contributed by atoms with Crippen molar-refractivity contribution in [1.82, 2.24) is 5.32 Å². The van der Waals surface area contributed by atoms with Crippen molar-refractivity contribution in [2.45, 2.75) is 23.6 Å². The van der Waals surface area contributed by atoms with Crippen LogP contribution < -0.4 is 10.2 Å². The van der Waals surface area contributed by atoms with Gasteiger partial charge < -0.3 is 10.2 Å². The third kappa shape index (κ3) is 2.29. The van der Waals surface area contributed by atoms with Gasteiger partial charge in [0, 0.05) is 46.2 Å².